The minimum atomic E-state index is 0.190. The summed E-state index contributed by atoms with van der Waals surface area (Å²) in [5.74, 6) is 2.13. The molecule has 9 rings (SSSR count). The Morgan fingerprint density at radius 1 is 0.489 bits per heavy atom. The summed E-state index contributed by atoms with van der Waals surface area (Å²) in [7, 11) is 0. The number of hydrogen-bond acceptors (Lipinski definition) is 3. The predicted molar refractivity (Wildman–Crippen MR) is 186 cm³/mol. The molecule has 3 heteroatoms. The predicted octanol–water partition coefficient (Wildman–Crippen LogP) is 9.86. The van der Waals surface area contributed by atoms with E-state index in [-0.39, 0.29) is 5.92 Å². The molecule has 5 aromatic rings. The first kappa shape index (κ1) is 29.1. The summed E-state index contributed by atoms with van der Waals surface area (Å²) in [5, 5.41) is 0. The van der Waals surface area contributed by atoms with Crippen LogP contribution in [0.1, 0.15) is 77.7 Å². The first-order valence-electron chi connectivity index (χ1n) is 16.6. The van der Waals surface area contributed by atoms with Crippen LogP contribution in [0, 0.1) is 0 Å². The summed E-state index contributed by atoms with van der Waals surface area (Å²) in [5.41, 5.74) is 9.86. The Hall–Kier alpha value is -4.63. The molecule has 3 unspecified atom stereocenters. The van der Waals surface area contributed by atoms with Gasteiger partial charge in [-0.2, -0.15) is 0 Å². The highest BCUT2D eigenvalue weighted by Crippen LogP contribution is 2.54. The van der Waals surface area contributed by atoms with Gasteiger partial charge in [-0.05, 0) is 71.0 Å². The SMILES string of the molecule is O=C1CCCCC1c1ccccc1.c1ccc(C2CC2c2ccccc2)cc1.c1ccc2c(c1)CN1CN2Cc2ccccc21. The topological polar surface area (TPSA) is 23.6 Å². The van der Waals surface area contributed by atoms with Crippen LogP contribution in [0.3, 0.4) is 0 Å². The zero-order valence-corrected chi connectivity index (χ0v) is 26.0. The number of anilines is 2. The molecule has 2 saturated carbocycles. The van der Waals surface area contributed by atoms with Crippen LogP contribution < -0.4 is 9.80 Å². The van der Waals surface area contributed by atoms with E-state index in [1.54, 1.807) is 0 Å². The maximum absolute atomic E-state index is 11.6. The molecule has 0 N–H and O–H groups in total. The first-order chi connectivity index (χ1) is 22.2. The van der Waals surface area contributed by atoms with Crippen LogP contribution in [-0.4, -0.2) is 12.5 Å². The number of fused-ring (bicyclic) bond motifs is 6. The summed E-state index contributed by atoms with van der Waals surface area (Å²) in [4.78, 5) is 16.5. The van der Waals surface area contributed by atoms with Crippen LogP contribution in [0.5, 0.6) is 0 Å². The van der Waals surface area contributed by atoms with Crippen molar-refractivity contribution in [3.05, 3.63) is 167 Å². The van der Waals surface area contributed by atoms with Gasteiger partial charge in [-0.1, -0.05) is 134 Å². The lowest BCUT2D eigenvalue weighted by atomic mass is 9.83. The van der Waals surface area contributed by atoms with Crippen molar-refractivity contribution in [1.29, 1.82) is 0 Å². The molecule has 2 aliphatic carbocycles. The van der Waals surface area contributed by atoms with Gasteiger partial charge in [-0.3, -0.25) is 4.79 Å². The summed E-state index contributed by atoms with van der Waals surface area (Å²) < 4.78 is 0. The van der Waals surface area contributed by atoms with Crippen LogP contribution in [0.25, 0.3) is 0 Å². The third-order valence-corrected chi connectivity index (χ3v) is 9.73. The van der Waals surface area contributed by atoms with Crippen molar-refractivity contribution in [1.82, 2.24) is 0 Å². The minimum absolute atomic E-state index is 0.190. The lowest BCUT2D eigenvalue weighted by Crippen LogP contribution is -2.46. The maximum atomic E-state index is 11.6. The van der Waals surface area contributed by atoms with Crippen molar-refractivity contribution >= 4 is 17.2 Å². The second-order valence-electron chi connectivity index (χ2n) is 12.7. The molecule has 2 fully saturated rings. The van der Waals surface area contributed by atoms with E-state index in [9.17, 15) is 4.79 Å². The Morgan fingerprint density at radius 2 is 0.933 bits per heavy atom. The molecule has 45 heavy (non-hydrogen) atoms. The highest BCUT2D eigenvalue weighted by Gasteiger charge is 2.39. The van der Waals surface area contributed by atoms with E-state index in [1.165, 1.54) is 52.0 Å². The zero-order valence-electron chi connectivity index (χ0n) is 26.0. The monoisotopic (exact) mass is 590 g/mol. The Labute approximate surface area is 268 Å². The summed E-state index contributed by atoms with van der Waals surface area (Å²) in [6.45, 7) is 3.08. The molecule has 226 valence electrons. The third-order valence-electron chi connectivity index (χ3n) is 9.73. The van der Waals surface area contributed by atoms with Crippen molar-refractivity contribution in [2.24, 2.45) is 0 Å². The van der Waals surface area contributed by atoms with E-state index in [1.807, 2.05) is 18.2 Å². The normalized spacial score (nSPS) is 20.8. The number of para-hydroxylation sites is 2. The minimum Gasteiger partial charge on any atom is -0.349 e. The van der Waals surface area contributed by atoms with Crippen LogP contribution >= 0.6 is 0 Å². The van der Waals surface area contributed by atoms with Crippen LogP contribution in [0.4, 0.5) is 11.4 Å². The fourth-order valence-electron chi connectivity index (χ4n) is 7.30. The summed E-state index contributed by atoms with van der Waals surface area (Å²) >= 11 is 0. The molecular formula is C42H42N2O. The molecule has 2 aliphatic heterocycles. The van der Waals surface area contributed by atoms with Gasteiger partial charge in [-0.25, -0.2) is 0 Å². The van der Waals surface area contributed by atoms with Crippen molar-refractivity contribution in [3.63, 3.8) is 0 Å². The molecule has 0 amide bonds. The van der Waals surface area contributed by atoms with Gasteiger partial charge in [0.15, 0.2) is 0 Å². The van der Waals surface area contributed by atoms with Gasteiger partial charge in [0.1, 0.15) is 5.78 Å². The lowest BCUT2D eigenvalue weighted by molar-refractivity contribution is -0.121. The van der Waals surface area contributed by atoms with E-state index in [0.717, 1.165) is 50.9 Å². The van der Waals surface area contributed by atoms with Gasteiger partial charge in [0, 0.05) is 36.8 Å². The zero-order chi connectivity index (χ0) is 30.4. The summed E-state index contributed by atoms with van der Waals surface area (Å²) in [6.07, 6.45) is 5.42. The number of rotatable bonds is 3. The fourth-order valence-corrected chi connectivity index (χ4v) is 7.30. The van der Waals surface area contributed by atoms with Gasteiger partial charge in [0.25, 0.3) is 0 Å². The molecule has 0 saturated heterocycles. The number of nitrogens with zero attached hydrogens (tertiary/aromatic N) is 2. The number of Topliss-reactive ketones (excluding diaryl/α,β-unsaturated/α-hetero) is 1. The maximum Gasteiger partial charge on any atom is 0.140 e. The molecule has 4 aliphatic rings. The van der Waals surface area contributed by atoms with Crippen LogP contribution in [-0.2, 0) is 17.9 Å². The van der Waals surface area contributed by atoms with Gasteiger partial charge < -0.3 is 9.80 Å². The molecule has 5 aromatic carbocycles. The number of carbonyl (C=O) groups excluding carboxylic acids is 1. The van der Waals surface area contributed by atoms with Crippen molar-refractivity contribution in [2.75, 3.05) is 16.5 Å². The fraction of sp³-hybridized carbons (Fsp3) is 0.262. The quantitative estimate of drug-likeness (QED) is 0.209. The third kappa shape index (κ3) is 6.73. The lowest BCUT2D eigenvalue weighted by Gasteiger charge is -2.44. The highest BCUT2D eigenvalue weighted by atomic mass is 16.1. The first-order valence-corrected chi connectivity index (χ1v) is 16.6. The molecule has 3 atom stereocenters. The molecule has 3 nitrogen and oxygen atoms in total. The van der Waals surface area contributed by atoms with Crippen molar-refractivity contribution in [3.8, 4) is 0 Å². The smallest absolute Gasteiger partial charge is 0.140 e. The van der Waals surface area contributed by atoms with Crippen molar-refractivity contribution < 1.29 is 4.79 Å². The standard InChI is InChI=1S/C15H14N2.C15H14.C12H14O/c1-3-7-14-12(5-1)9-16-11-17(14)10-13-6-2-4-8-15(13)16;1-3-7-12(8-4-1)14-11-15(14)13-9-5-2-6-10-13;13-12-9-5-4-8-11(12)10-6-2-1-3-7-10/h1-8H,9-11H2;1-10,14-15H,11H2;1-3,6-7,11H,4-5,8-9H2. The van der Waals surface area contributed by atoms with Gasteiger partial charge in [0.05, 0.1) is 6.67 Å². The van der Waals surface area contributed by atoms with Crippen LogP contribution in [0.15, 0.2) is 140 Å². The van der Waals surface area contributed by atoms with E-state index >= 15 is 0 Å². The van der Waals surface area contributed by atoms with Gasteiger partial charge in [0.2, 0.25) is 0 Å². The second-order valence-corrected chi connectivity index (χ2v) is 12.7. The molecule has 2 heterocycles. The highest BCUT2D eigenvalue weighted by molar-refractivity contribution is 5.86. The number of benzene rings is 5. The summed E-state index contributed by atoms with van der Waals surface area (Å²) in [6, 6.07) is 49.3. The Bertz CT molecular complexity index is 1610. The Balaban J connectivity index is 0.000000110. The van der Waals surface area contributed by atoms with Crippen LogP contribution in [0.2, 0.25) is 0 Å². The van der Waals surface area contributed by atoms with Crippen molar-refractivity contribution in [2.45, 2.75) is 62.9 Å². The Kier molecular flexibility index (Phi) is 8.77. The average molecular weight is 591 g/mol. The van der Waals surface area contributed by atoms with E-state index in [4.69, 9.17) is 0 Å². The van der Waals surface area contributed by atoms with E-state index in [2.05, 4.69) is 131 Å². The van der Waals surface area contributed by atoms with Gasteiger partial charge >= 0.3 is 0 Å². The molecule has 0 spiro atoms. The number of ketones is 1. The molecule has 0 aromatic heterocycles. The van der Waals surface area contributed by atoms with Gasteiger partial charge in [-0.15, -0.1) is 0 Å². The number of carbonyl (C=O) groups is 1. The average Bonchev–Trinajstić information content (AvgIpc) is 3.92. The Morgan fingerprint density at radius 3 is 1.42 bits per heavy atom. The second kappa shape index (κ2) is 13.6. The van der Waals surface area contributed by atoms with E-state index < -0.39 is 0 Å². The largest absolute Gasteiger partial charge is 0.349 e. The number of hydrogen-bond donors (Lipinski definition) is 0. The van der Waals surface area contributed by atoms with E-state index in [0.29, 0.717) is 5.78 Å². The molecule has 0 radical (unpaired) electrons. The molecule has 2 bridgehead atoms. The molecular weight excluding hydrogens is 548 g/mol.